The van der Waals surface area contributed by atoms with Gasteiger partial charge in [-0.25, -0.2) is 5.26 Å². The molecule has 4 aromatic rings. The van der Waals surface area contributed by atoms with Gasteiger partial charge in [0.25, 0.3) is 0 Å². The summed E-state index contributed by atoms with van der Waals surface area (Å²) in [6.07, 6.45) is 0. The first-order valence-corrected chi connectivity index (χ1v) is 10.5. The van der Waals surface area contributed by atoms with Gasteiger partial charge in [0.2, 0.25) is 12.6 Å². The fraction of sp³-hybridized carbons (Fsp3) is 0.0870. The van der Waals surface area contributed by atoms with Gasteiger partial charge in [0.05, 0.1) is 0 Å². The van der Waals surface area contributed by atoms with Crippen LogP contribution >= 0.6 is 0 Å². The van der Waals surface area contributed by atoms with Crippen LogP contribution in [0.1, 0.15) is 16.2 Å². The lowest BCUT2D eigenvalue weighted by Gasteiger charge is -2.12. The Hall–Kier alpha value is -4.08. The molecule has 0 saturated carbocycles. The maximum absolute atomic E-state index is 12.5. The molecule has 170 valence electrons. The Bertz CT molecular complexity index is 1240. The predicted octanol–water partition coefficient (Wildman–Crippen LogP) is 0.802. The lowest BCUT2D eigenvalue weighted by Crippen LogP contribution is -2.23. The van der Waals surface area contributed by atoms with Crippen molar-refractivity contribution in [2.75, 3.05) is 6.79 Å². The molecule has 0 aliphatic rings. The fourth-order valence-electron chi connectivity index (χ4n) is 3.38. The minimum Gasteiger partial charge on any atom is -0.466 e. The highest BCUT2D eigenvalue weighted by Crippen LogP contribution is 2.21. The summed E-state index contributed by atoms with van der Waals surface area (Å²) >= 11 is 0. The lowest BCUT2D eigenvalue weighted by atomic mass is 9.83. The monoisotopic (exact) mass is 457 g/mol. The molecule has 3 aromatic carbocycles. The molecule has 0 bridgehead atoms. The second-order valence-corrected chi connectivity index (χ2v) is 7.50. The number of para-hydroxylation sites is 1. The van der Waals surface area contributed by atoms with Gasteiger partial charge in [0.15, 0.2) is 0 Å². The van der Waals surface area contributed by atoms with Crippen LogP contribution in [-0.4, -0.2) is 43.8 Å². The number of benzene rings is 3. The maximum atomic E-state index is 12.5. The van der Waals surface area contributed by atoms with Gasteiger partial charge in [0.1, 0.15) is 32.9 Å². The third-order valence-corrected chi connectivity index (χ3v) is 4.95. The van der Waals surface area contributed by atoms with E-state index in [2.05, 4.69) is 20.3 Å². The Morgan fingerprint density at radius 2 is 1.68 bits per heavy atom. The van der Waals surface area contributed by atoms with Crippen LogP contribution in [0.5, 0.6) is 17.2 Å². The Balaban J connectivity index is 1.36. The largest absolute Gasteiger partial charge is 0.466 e. The van der Waals surface area contributed by atoms with Crippen LogP contribution in [0.2, 0.25) is 0 Å². The van der Waals surface area contributed by atoms with E-state index in [1.165, 1.54) is 0 Å². The molecule has 0 aliphatic carbocycles. The normalized spacial score (nSPS) is 10.6. The van der Waals surface area contributed by atoms with Gasteiger partial charge in [-0.05, 0) is 40.8 Å². The van der Waals surface area contributed by atoms with Crippen LogP contribution in [0.4, 0.5) is 0 Å². The van der Waals surface area contributed by atoms with Gasteiger partial charge in [-0.1, -0.05) is 47.6 Å². The quantitative estimate of drug-likeness (QED) is 0.164. The summed E-state index contributed by atoms with van der Waals surface area (Å²) in [5.41, 5.74) is 3.15. The number of hydrogen-bond donors (Lipinski definition) is 2. The lowest BCUT2D eigenvalue weighted by molar-refractivity contribution is -0.278. The van der Waals surface area contributed by atoms with E-state index in [1.807, 2.05) is 70.3 Å². The average Bonchev–Trinajstić information content (AvgIpc) is 3.34. The Morgan fingerprint density at radius 1 is 1.00 bits per heavy atom. The molecule has 34 heavy (non-hydrogen) atoms. The van der Waals surface area contributed by atoms with Crippen molar-refractivity contribution in [3.05, 3.63) is 78.2 Å². The number of amides is 1. The van der Waals surface area contributed by atoms with Crippen molar-refractivity contribution in [3.63, 3.8) is 0 Å². The smallest absolute Gasteiger partial charge is 0.316 e. The Kier molecular flexibility index (Phi) is 7.26. The highest BCUT2D eigenvalue weighted by atomic mass is 17.1. The number of nitrogens with zero attached hydrogens (tertiary/aromatic N) is 2. The van der Waals surface area contributed by atoms with Gasteiger partial charge >= 0.3 is 11.8 Å². The number of carbonyl (C=O) groups is 1. The summed E-state index contributed by atoms with van der Waals surface area (Å²) in [6, 6.07) is 20.5. The van der Waals surface area contributed by atoms with Crippen molar-refractivity contribution >= 4 is 32.5 Å². The van der Waals surface area contributed by atoms with Crippen LogP contribution in [0.15, 0.2) is 71.3 Å². The van der Waals surface area contributed by atoms with Crippen molar-refractivity contribution in [2.24, 2.45) is 0 Å². The second kappa shape index (κ2) is 10.7. The van der Waals surface area contributed by atoms with Gasteiger partial charge in [0, 0.05) is 12.1 Å². The molecule has 0 radical (unpaired) electrons. The molecular formula is C23H21B2N3O6. The Labute approximate surface area is 197 Å². The first-order valence-electron chi connectivity index (χ1n) is 10.5. The average molecular weight is 457 g/mol. The highest BCUT2D eigenvalue weighted by Gasteiger charge is 2.17. The molecule has 11 heteroatoms. The van der Waals surface area contributed by atoms with Crippen LogP contribution in [0.25, 0.3) is 11.4 Å². The molecule has 0 saturated heterocycles. The van der Waals surface area contributed by atoms with E-state index in [9.17, 15) is 4.79 Å². The van der Waals surface area contributed by atoms with Crippen molar-refractivity contribution in [1.29, 1.82) is 0 Å². The zero-order chi connectivity index (χ0) is 23.9. The van der Waals surface area contributed by atoms with Crippen molar-refractivity contribution in [2.45, 2.75) is 6.54 Å². The van der Waals surface area contributed by atoms with Gasteiger partial charge < -0.3 is 19.3 Å². The van der Waals surface area contributed by atoms with Crippen LogP contribution in [-0.2, 0) is 11.4 Å². The third-order valence-electron chi connectivity index (χ3n) is 4.95. The SMILES string of the molecule is Bc1cc(-c2noc(C(=O)NCc3ccc(Oc4ccccc4)cc3)n2)cc(B)c1OCOO. The van der Waals surface area contributed by atoms with E-state index in [0.717, 1.165) is 22.2 Å². The molecule has 0 atom stereocenters. The zero-order valence-corrected chi connectivity index (χ0v) is 18.6. The molecule has 1 heterocycles. The van der Waals surface area contributed by atoms with Crippen molar-refractivity contribution in [1.82, 2.24) is 15.5 Å². The molecule has 4 rings (SSSR count). The van der Waals surface area contributed by atoms with Gasteiger partial charge in [-0.2, -0.15) is 9.87 Å². The van der Waals surface area contributed by atoms with E-state index in [0.29, 0.717) is 23.6 Å². The Morgan fingerprint density at radius 3 is 2.35 bits per heavy atom. The van der Waals surface area contributed by atoms with Crippen molar-refractivity contribution in [3.8, 4) is 28.6 Å². The van der Waals surface area contributed by atoms with E-state index in [1.54, 1.807) is 12.1 Å². The van der Waals surface area contributed by atoms with E-state index >= 15 is 0 Å². The summed E-state index contributed by atoms with van der Waals surface area (Å²) < 4.78 is 16.3. The molecular weight excluding hydrogens is 436 g/mol. The minimum atomic E-state index is -0.475. The summed E-state index contributed by atoms with van der Waals surface area (Å²) in [6.45, 7) is 0.00960. The summed E-state index contributed by atoms with van der Waals surface area (Å²) in [4.78, 5) is 20.7. The summed E-state index contributed by atoms with van der Waals surface area (Å²) in [7, 11) is 3.68. The minimum absolute atomic E-state index is 0.136. The van der Waals surface area contributed by atoms with E-state index in [-0.39, 0.29) is 18.5 Å². The molecule has 2 N–H and O–H groups in total. The molecule has 1 amide bonds. The summed E-state index contributed by atoms with van der Waals surface area (Å²) in [5, 5.41) is 15.2. The topological polar surface area (TPSA) is 116 Å². The van der Waals surface area contributed by atoms with E-state index < -0.39 is 5.91 Å². The van der Waals surface area contributed by atoms with E-state index in [4.69, 9.17) is 19.3 Å². The molecule has 0 unspecified atom stereocenters. The molecule has 1 aromatic heterocycles. The number of nitrogens with one attached hydrogen (secondary N) is 1. The van der Waals surface area contributed by atoms with Crippen LogP contribution < -0.4 is 25.7 Å². The third kappa shape index (κ3) is 5.64. The fourth-order valence-corrected chi connectivity index (χ4v) is 3.38. The number of rotatable bonds is 9. The number of hydrogen-bond acceptors (Lipinski definition) is 8. The standard InChI is InChI=1S/C23H21B2N3O6/c24-18-10-15(11-19(25)20(18)31-13-32-30)21-27-23(34-28-21)22(29)26-12-14-6-8-17(9-7-14)33-16-4-2-1-3-5-16/h1-11,30H,12-13,24-25H2,(H,26,29). The molecule has 0 aliphatic heterocycles. The first kappa shape index (κ1) is 23.1. The van der Waals surface area contributed by atoms with Crippen LogP contribution in [0.3, 0.4) is 0 Å². The zero-order valence-electron chi connectivity index (χ0n) is 18.6. The molecule has 0 spiro atoms. The second-order valence-electron chi connectivity index (χ2n) is 7.50. The van der Waals surface area contributed by atoms with Crippen LogP contribution in [0, 0.1) is 0 Å². The van der Waals surface area contributed by atoms with Crippen molar-refractivity contribution < 1.29 is 28.9 Å². The predicted molar refractivity (Wildman–Crippen MR) is 129 cm³/mol. The maximum Gasteiger partial charge on any atom is 0.316 e. The number of ether oxygens (including phenoxy) is 2. The van der Waals surface area contributed by atoms with Gasteiger partial charge in [-0.15, -0.1) is 0 Å². The molecule has 9 nitrogen and oxygen atoms in total. The highest BCUT2D eigenvalue weighted by molar-refractivity contribution is 6.41. The first-order chi connectivity index (χ1) is 16.5. The number of carbonyl (C=O) groups excluding carboxylic acids is 1. The summed E-state index contributed by atoms with van der Waals surface area (Å²) in [5.74, 6) is 1.71. The molecule has 0 fully saturated rings. The van der Waals surface area contributed by atoms with Gasteiger partial charge in [-0.3, -0.25) is 4.79 Å². The number of aromatic nitrogens is 2.